The number of anilines is 2. The Balaban J connectivity index is 1.35. The summed E-state index contributed by atoms with van der Waals surface area (Å²) in [5.74, 6) is -1.62. The lowest BCUT2D eigenvalue weighted by molar-refractivity contribution is -0.139. The molecule has 1 N–H and O–H groups in total. The minimum atomic E-state index is -4.83. The molecule has 2 unspecified atom stereocenters. The van der Waals surface area contributed by atoms with Gasteiger partial charge in [-0.25, -0.2) is 8.78 Å². The van der Waals surface area contributed by atoms with Crippen molar-refractivity contribution in [3.05, 3.63) is 102 Å². The van der Waals surface area contributed by atoms with Crippen LogP contribution in [0.15, 0.2) is 78.9 Å². The zero-order valence-electron chi connectivity index (χ0n) is 20.0. The van der Waals surface area contributed by atoms with Crippen LogP contribution in [-0.4, -0.2) is 19.2 Å². The van der Waals surface area contributed by atoms with Crippen molar-refractivity contribution in [1.82, 2.24) is 5.32 Å². The average Bonchev–Trinajstić information content (AvgIpc) is 2.87. The summed E-state index contributed by atoms with van der Waals surface area (Å²) in [5, 5.41) is 5.80. The summed E-state index contributed by atoms with van der Waals surface area (Å²) in [4.78, 5) is 1.62. The van der Waals surface area contributed by atoms with Gasteiger partial charge in [0.2, 0.25) is 0 Å². The van der Waals surface area contributed by atoms with Gasteiger partial charge in [0.25, 0.3) is 0 Å². The van der Waals surface area contributed by atoms with Gasteiger partial charge >= 0.3 is 6.18 Å². The first-order chi connectivity index (χ1) is 17.7. The Morgan fingerprint density at radius 2 is 1.76 bits per heavy atom. The monoisotopic (exact) mass is 512 g/mol. The van der Waals surface area contributed by atoms with Crippen LogP contribution in [-0.2, 0) is 6.18 Å². The number of hydrogen-bond donors (Lipinski definition) is 1. The van der Waals surface area contributed by atoms with Gasteiger partial charge in [0.05, 0.1) is 17.8 Å². The highest BCUT2D eigenvalue weighted by molar-refractivity contribution is 5.86. The largest absolute Gasteiger partial charge is 0.486 e. The van der Waals surface area contributed by atoms with Crippen molar-refractivity contribution < 1.29 is 26.7 Å². The van der Waals surface area contributed by atoms with Crippen LogP contribution in [0.3, 0.4) is 0 Å². The standard InChI is InChI=1S/C29H25F5N2O/c1-18(23-8-4-6-19-5-2-3-7-24(19)23)35-14-13-22-17-36(27-12-9-20(30)15-28(27)37-22)21-10-11-26(31)25(16-21)29(32,33)34/h2-12,15-16,18,22,35H,13-14,17H2,1H3. The van der Waals surface area contributed by atoms with E-state index in [1.54, 1.807) is 4.90 Å². The summed E-state index contributed by atoms with van der Waals surface area (Å²) in [7, 11) is 0. The van der Waals surface area contributed by atoms with Crippen LogP contribution in [0.4, 0.5) is 33.3 Å². The van der Waals surface area contributed by atoms with Gasteiger partial charge < -0.3 is 15.0 Å². The van der Waals surface area contributed by atoms with Crippen LogP contribution in [0.5, 0.6) is 5.75 Å². The van der Waals surface area contributed by atoms with Crippen LogP contribution in [0.2, 0.25) is 0 Å². The summed E-state index contributed by atoms with van der Waals surface area (Å²) in [6.07, 6.45) is -4.74. The van der Waals surface area contributed by atoms with Gasteiger partial charge in [-0.2, -0.15) is 13.2 Å². The lowest BCUT2D eigenvalue weighted by atomic mass is 9.99. The Hall–Kier alpha value is -3.65. The molecule has 1 aliphatic heterocycles. The molecule has 1 heterocycles. The fourth-order valence-electron chi connectivity index (χ4n) is 4.82. The number of nitrogens with one attached hydrogen (secondary N) is 1. The first kappa shape index (κ1) is 25.0. The van der Waals surface area contributed by atoms with Gasteiger partial charge in [-0.15, -0.1) is 0 Å². The molecule has 0 aliphatic carbocycles. The summed E-state index contributed by atoms with van der Waals surface area (Å²) in [5.41, 5.74) is 0.395. The van der Waals surface area contributed by atoms with Crippen LogP contribution in [0, 0.1) is 11.6 Å². The third-order valence-electron chi connectivity index (χ3n) is 6.67. The van der Waals surface area contributed by atoms with Crippen molar-refractivity contribution in [3.63, 3.8) is 0 Å². The van der Waals surface area contributed by atoms with E-state index < -0.39 is 29.5 Å². The third kappa shape index (κ3) is 5.25. The third-order valence-corrected chi connectivity index (χ3v) is 6.67. The number of ether oxygens (including phenoxy) is 1. The molecule has 4 aromatic carbocycles. The van der Waals surface area contributed by atoms with E-state index in [0.29, 0.717) is 18.7 Å². The van der Waals surface area contributed by atoms with E-state index in [1.165, 1.54) is 24.3 Å². The number of benzene rings is 4. The Bertz CT molecular complexity index is 1420. The maximum atomic E-state index is 14.0. The van der Waals surface area contributed by atoms with Crippen LogP contribution >= 0.6 is 0 Å². The molecule has 37 heavy (non-hydrogen) atoms. The maximum absolute atomic E-state index is 14.0. The van der Waals surface area contributed by atoms with E-state index >= 15 is 0 Å². The number of hydrogen-bond acceptors (Lipinski definition) is 3. The van der Waals surface area contributed by atoms with Crippen molar-refractivity contribution >= 4 is 22.1 Å². The first-order valence-corrected chi connectivity index (χ1v) is 12.0. The summed E-state index contributed by atoms with van der Waals surface area (Å²) in [6, 6.07) is 21.1. The Morgan fingerprint density at radius 3 is 2.57 bits per heavy atom. The molecule has 0 amide bonds. The quantitative estimate of drug-likeness (QED) is 0.267. The predicted octanol–water partition coefficient (Wildman–Crippen LogP) is 7.78. The number of alkyl halides is 3. The second-order valence-corrected chi connectivity index (χ2v) is 9.16. The van der Waals surface area contributed by atoms with Gasteiger partial charge in [0.15, 0.2) is 0 Å². The first-order valence-electron chi connectivity index (χ1n) is 12.0. The molecule has 1 aliphatic rings. The zero-order valence-corrected chi connectivity index (χ0v) is 20.0. The Morgan fingerprint density at radius 1 is 0.973 bits per heavy atom. The molecule has 4 aromatic rings. The van der Waals surface area contributed by atoms with E-state index in [-0.39, 0.29) is 24.0 Å². The van der Waals surface area contributed by atoms with Crippen molar-refractivity contribution in [2.45, 2.75) is 31.7 Å². The van der Waals surface area contributed by atoms with Crippen LogP contribution in [0.1, 0.15) is 30.5 Å². The zero-order chi connectivity index (χ0) is 26.2. The second-order valence-electron chi connectivity index (χ2n) is 9.16. The van der Waals surface area contributed by atoms with Gasteiger partial charge in [0.1, 0.15) is 23.5 Å². The molecule has 0 saturated carbocycles. The molecular formula is C29H25F5N2O. The molecule has 3 nitrogen and oxygen atoms in total. The molecule has 8 heteroatoms. The van der Waals surface area contributed by atoms with E-state index in [1.807, 2.05) is 18.2 Å². The normalized spacial score (nSPS) is 16.4. The molecule has 0 aromatic heterocycles. The van der Waals surface area contributed by atoms with Crippen molar-refractivity contribution in [2.24, 2.45) is 0 Å². The Labute approximate surface area is 211 Å². The summed E-state index contributed by atoms with van der Waals surface area (Å²) in [6.45, 7) is 2.86. The fraction of sp³-hybridized carbons (Fsp3) is 0.241. The molecule has 2 atom stereocenters. The van der Waals surface area contributed by atoms with Crippen LogP contribution < -0.4 is 15.0 Å². The SMILES string of the molecule is CC(NCCC1CN(c2ccc(F)c(C(F)(F)F)c2)c2ccc(F)cc2O1)c1cccc2ccccc12. The summed E-state index contributed by atoms with van der Waals surface area (Å²) >= 11 is 0. The second kappa shape index (κ2) is 10.0. The molecule has 0 saturated heterocycles. The van der Waals surface area contributed by atoms with Gasteiger partial charge in [-0.1, -0.05) is 42.5 Å². The number of halogens is 5. The number of fused-ring (bicyclic) bond motifs is 2. The van der Waals surface area contributed by atoms with Crippen LogP contribution in [0.25, 0.3) is 10.8 Å². The van der Waals surface area contributed by atoms with E-state index in [4.69, 9.17) is 4.74 Å². The van der Waals surface area contributed by atoms with Gasteiger partial charge in [-0.05, 0) is 66.6 Å². The highest BCUT2D eigenvalue weighted by Gasteiger charge is 2.36. The minimum absolute atomic E-state index is 0.0435. The number of rotatable bonds is 6. The maximum Gasteiger partial charge on any atom is 0.419 e. The Kier molecular flexibility index (Phi) is 6.77. The average molecular weight is 513 g/mol. The lowest BCUT2D eigenvalue weighted by Crippen LogP contribution is -2.39. The molecule has 0 fully saturated rings. The predicted molar refractivity (Wildman–Crippen MR) is 134 cm³/mol. The summed E-state index contributed by atoms with van der Waals surface area (Å²) < 4.78 is 74.0. The number of nitrogens with zero attached hydrogens (tertiary/aromatic N) is 1. The highest BCUT2D eigenvalue weighted by Crippen LogP contribution is 2.41. The van der Waals surface area contributed by atoms with Crippen molar-refractivity contribution in [2.75, 3.05) is 18.0 Å². The molecule has 0 radical (unpaired) electrons. The van der Waals surface area contributed by atoms with Gasteiger partial charge in [-0.3, -0.25) is 0 Å². The molecule has 5 rings (SSSR count). The van der Waals surface area contributed by atoms with Gasteiger partial charge in [0, 0.05) is 17.8 Å². The molecule has 0 bridgehead atoms. The fourth-order valence-corrected chi connectivity index (χ4v) is 4.82. The van der Waals surface area contributed by atoms with Crippen molar-refractivity contribution in [1.29, 1.82) is 0 Å². The smallest absolute Gasteiger partial charge is 0.419 e. The molecule has 192 valence electrons. The molecular weight excluding hydrogens is 487 g/mol. The lowest BCUT2D eigenvalue weighted by Gasteiger charge is -2.37. The van der Waals surface area contributed by atoms with Crippen molar-refractivity contribution in [3.8, 4) is 5.75 Å². The molecule has 0 spiro atoms. The minimum Gasteiger partial charge on any atom is -0.486 e. The highest BCUT2D eigenvalue weighted by atomic mass is 19.4. The topological polar surface area (TPSA) is 24.5 Å². The van der Waals surface area contributed by atoms with E-state index in [2.05, 4.69) is 36.5 Å². The van der Waals surface area contributed by atoms with E-state index in [0.717, 1.165) is 28.5 Å². The van der Waals surface area contributed by atoms with E-state index in [9.17, 15) is 22.0 Å².